The second-order valence-corrected chi connectivity index (χ2v) is 2.62. The van der Waals surface area contributed by atoms with Crippen LogP contribution in [0.5, 0.6) is 0 Å². The predicted molar refractivity (Wildman–Crippen MR) is 46.3 cm³/mol. The fourth-order valence-electron chi connectivity index (χ4n) is 0.532. The molecule has 0 rings (SSSR count). The smallest absolute Gasteiger partial charge is 0.329 e. The summed E-state index contributed by atoms with van der Waals surface area (Å²) in [5, 5.41) is 10.7. The highest BCUT2D eigenvalue weighted by molar-refractivity contribution is 5.77. The molecule has 0 radical (unpaired) electrons. The Morgan fingerprint density at radius 2 is 2.08 bits per heavy atom. The number of carboxylic acids is 1. The van der Waals surface area contributed by atoms with Crippen LogP contribution < -0.4 is 5.32 Å². The van der Waals surface area contributed by atoms with Gasteiger partial charge in [-0.1, -0.05) is 12.2 Å². The first-order chi connectivity index (χ1) is 6.02. The van der Waals surface area contributed by atoms with Crippen LogP contribution in [0.2, 0.25) is 0 Å². The average molecular weight is 187 g/mol. The normalized spacial score (nSPS) is 9.31. The lowest BCUT2D eigenvalue weighted by atomic mass is 10.3. The third-order valence-electron chi connectivity index (χ3n) is 1.05. The molecule has 0 aromatic rings. The van der Waals surface area contributed by atoms with Gasteiger partial charge in [0.2, 0.25) is 5.91 Å². The Labute approximate surface area is 76.4 Å². The summed E-state index contributed by atoms with van der Waals surface area (Å²) in [5.74, 6) is -1.43. The van der Waals surface area contributed by atoms with Crippen molar-refractivity contribution in [3.05, 3.63) is 12.2 Å². The van der Waals surface area contributed by atoms with Crippen molar-refractivity contribution in [2.45, 2.75) is 6.92 Å². The highest BCUT2D eigenvalue weighted by Crippen LogP contribution is 1.82. The van der Waals surface area contributed by atoms with E-state index in [1.807, 2.05) is 0 Å². The maximum Gasteiger partial charge on any atom is 0.329 e. The van der Waals surface area contributed by atoms with E-state index in [0.29, 0.717) is 6.54 Å². The monoisotopic (exact) mass is 187 g/mol. The van der Waals surface area contributed by atoms with E-state index in [1.54, 1.807) is 6.92 Å². The first-order valence-electron chi connectivity index (χ1n) is 3.73. The van der Waals surface area contributed by atoms with E-state index < -0.39 is 12.6 Å². The summed E-state index contributed by atoms with van der Waals surface area (Å²) in [5.41, 5.74) is 0.826. The van der Waals surface area contributed by atoms with Gasteiger partial charge in [-0.05, 0) is 6.92 Å². The second kappa shape index (κ2) is 6.19. The molecule has 74 valence electrons. The van der Waals surface area contributed by atoms with Crippen molar-refractivity contribution in [1.29, 1.82) is 0 Å². The third-order valence-corrected chi connectivity index (χ3v) is 1.05. The van der Waals surface area contributed by atoms with Crippen LogP contribution >= 0.6 is 0 Å². The van der Waals surface area contributed by atoms with Crippen molar-refractivity contribution in [1.82, 2.24) is 5.32 Å². The zero-order valence-corrected chi connectivity index (χ0v) is 7.50. The largest absolute Gasteiger partial charge is 0.480 e. The third kappa shape index (κ3) is 8.55. The van der Waals surface area contributed by atoms with Crippen LogP contribution in [0.25, 0.3) is 0 Å². The minimum absolute atomic E-state index is 0.237. The van der Waals surface area contributed by atoms with E-state index >= 15 is 0 Å². The summed E-state index contributed by atoms with van der Waals surface area (Å²) < 4.78 is 4.55. The van der Waals surface area contributed by atoms with Crippen LogP contribution in [0.1, 0.15) is 6.92 Å². The van der Waals surface area contributed by atoms with Gasteiger partial charge in [-0.2, -0.15) is 0 Å². The van der Waals surface area contributed by atoms with Gasteiger partial charge in [0.15, 0.2) is 0 Å². The van der Waals surface area contributed by atoms with E-state index in [0.717, 1.165) is 5.57 Å². The van der Waals surface area contributed by atoms with Gasteiger partial charge in [-0.3, -0.25) is 4.79 Å². The van der Waals surface area contributed by atoms with E-state index in [2.05, 4.69) is 16.6 Å². The topological polar surface area (TPSA) is 75.6 Å². The minimum atomic E-state index is -1.09. The molecular weight excluding hydrogens is 174 g/mol. The lowest BCUT2D eigenvalue weighted by molar-refractivity contribution is -0.143. The minimum Gasteiger partial charge on any atom is -0.480 e. The van der Waals surface area contributed by atoms with Gasteiger partial charge >= 0.3 is 5.97 Å². The van der Waals surface area contributed by atoms with Crippen molar-refractivity contribution in [2.75, 3.05) is 19.8 Å². The van der Waals surface area contributed by atoms with Crippen LogP contribution in [0.3, 0.4) is 0 Å². The molecule has 0 saturated carbocycles. The summed E-state index contributed by atoms with van der Waals surface area (Å²) in [4.78, 5) is 20.8. The molecule has 0 aliphatic carbocycles. The zero-order valence-electron chi connectivity index (χ0n) is 7.50. The van der Waals surface area contributed by atoms with Crippen molar-refractivity contribution >= 4 is 11.9 Å². The molecular formula is C8H13NO4. The van der Waals surface area contributed by atoms with Gasteiger partial charge < -0.3 is 15.2 Å². The molecule has 0 aromatic carbocycles. The van der Waals surface area contributed by atoms with Crippen LogP contribution in [-0.2, 0) is 14.3 Å². The Morgan fingerprint density at radius 1 is 1.46 bits per heavy atom. The average Bonchev–Trinajstić information content (AvgIpc) is 2.00. The van der Waals surface area contributed by atoms with Crippen molar-refractivity contribution in [2.24, 2.45) is 0 Å². The van der Waals surface area contributed by atoms with Crippen LogP contribution in [0.15, 0.2) is 12.2 Å². The van der Waals surface area contributed by atoms with E-state index in [1.165, 1.54) is 0 Å². The molecule has 0 bridgehead atoms. The summed E-state index contributed by atoms with van der Waals surface area (Å²) in [6.07, 6.45) is 0. The van der Waals surface area contributed by atoms with Crippen molar-refractivity contribution in [3.8, 4) is 0 Å². The first kappa shape index (κ1) is 11.6. The maximum absolute atomic E-state index is 10.9. The molecule has 0 spiro atoms. The SMILES string of the molecule is C=C(C)CNC(=O)COCC(=O)O. The number of hydrogen-bond acceptors (Lipinski definition) is 3. The molecule has 2 N–H and O–H groups in total. The number of amides is 1. The molecule has 0 aliphatic rings. The summed E-state index contributed by atoms with van der Waals surface area (Å²) >= 11 is 0. The summed E-state index contributed by atoms with van der Waals surface area (Å²) in [6.45, 7) is 5.05. The molecule has 0 saturated heterocycles. The van der Waals surface area contributed by atoms with Crippen LogP contribution in [0, 0.1) is 0 Å². The van der Waals surface area contributed by atoms with Gasteiger partial charge in [-0.25, -0.2) is 4.79 Å². The van der Waals surface area contributed by atoms with Gasteiger partial charge in [0.05, 0.1) is 0 Å². The number of hydrogen-bond donors (Lipinski definition) is 2. The number of carbonyl (C=O) groups excluding carboxylic acids is 1. The number of aliphatic carboxylic acids is 1. The van der Waals surface area contributed by atoms with Gasteiger partial charge in [0, 0.05) is 6.54 Å². The van der Waals surface area contributed by atoms with Crippen molar-refractivity contribution in [3.63, 3.8) is 0 Å². The van der Waals surface area contributed by atoms with Gasteiger partial charge in [0.25, 0.3) is 0 Å². The first-order valence-corrected chi connectivity index (χ1v) is 3.73. The molecule has 0 unspecified atom stereocenters. The molecule has 0 aliphatic heterocycles. The molecule has 0 heterocycles. The Bertz CT molecular complexity index is 212. The standard InChI is InChI=1S/C8H13NO4/c1-6(2)3-9-7(10)4-13-5-8(11)12/h1,3-5H2,2H3,(H,9,10)(H,11,12). The Morgan fingerprint density at radius 3 is 2.54 bits per heavy atom. The Balaban J connectivity index is 3.41. The van der Waals surface area contributed by atoms with E-state index in [-0.39, 0.29) is 12.5 Å². The molecule has 1 amide bonds. The number of carbonyl (C=O) groups is 2. The molecule has 13 heavy (non-hydrogen) atoms. The lowest BCUT2D eigenvalue weighted by Gasteiger charge is -2.03. The highest BCUT2D eigenvalue weighted by atomic mass is 16.5. The zero-order chi connectivity index (χ0) is 10.3. The molecule has 0 fully saturated rings. The fraction of sp³-hybridized carbons (Fsp3) is 0.500. The Hall–Kier alpha value is -1.36. The Kier molecular flexibility index (Phi) is 5.54. The molecule has 0 aromatic heterocycles. The molecule has 5 heteroatoms. The highest BCUT2D eigenvalue weighted by Gasteiger charge is 2.02. The maximum atomic E-state index is 10.9. The van der Waals surface area contributed by atoms with E-state index in [4.69, 9.17) is 5.11 Å². The van der Waals surface area contributed by atoms with Gasteiger partial charge in [-0.15, -0.1) is 0 Å². The number of rotatable bonds is 6. The number of nitrogens with one attached hydrogen (secondary N) is 1. The van der Waals surface area contributed by atoms with Crippen LogP contribution in [0.4, 0.5) is 0 Å². The second-order valence-electron chi connectivity index (χ2n) is 2.62. The predicted octanol–water partition coefficient (Wildman–Crippen LogP) is -0.220. The molecule has 0 atom stereocenters. The lowest BCUT2D eigenvalue weighted by Crippen LogP contribution is -2.29. The summed E-state index contributed by atoms with van der Waals surface area (Å²) in [6, 6.07) is 0. The van der Waals surface area contributed by atoms with Crippen molar-refractivity contribution < 1.29 is 19.4 Å². The fourth-order valence-corrected chi connectivity index (χ4v) is 0.532. The van der Waals surface area contributed by atoms with Gasteiger partial charge in [0.1, 0.15) is 13.2 Å². The quantitative estimate of drug-likeness (QED) is 0.564. The number of carboxylic acid groups (broad SMARTS) is 1. The molecule has 5 nitrogen and oxygen atoms in total. The number of ether oxygens (including phenoxy) is 1. The van der Waals surface area contributed by atoms with Crippen LogP contribution in [-0.4, -0.2) is 36.7 Å². The van der Waals surface area contributed by atoms with E-state index in [9.17, 15) is 9.59 Å². The summed E-state index contributed by atoms with van der Waals surface area (Å²) in [7, 11) is 0.